The zero-order valence-electron chi connectivity index (χ0n) is 19.3. The lowest BCUT2D eigenvalue weighted by Crippen LogP contribution is -2.27. The highest BCUT2D eigenvalue weighted by Crippen LogP contribution is 2.27. The molecule has 190 valence electrons. The molecule has 0 aliphatic carbocycles. The summed E-state index contributed by atoms with van der Waals surface area (Å²) >= 11 is 0. The first kappa shape index (κ1) is 25.6. The fourth-order valence-corrected chi connectivity index (χ4v) is 4.13. The standard InChI is InChI=1S/C24H23F3N6O2.ClH/c1-15-12-21(23-30-22(32-35-23)18-2-4-19(5-3-18)34-24(25,26)27)31-33(15)14-16-6-11-29-20(13-16)17-7-9-28-10-8-17;/h2-6,11-13,17,28H,7-10,14H2,1H3;1H. The van der Waals surface area contributed by atoms with Gasteiger partial charge in [-0.3, -0.25) is 9.67 Å². The van der Waals surface area contributed by atoms with Crippen LogP contribution in [0.3, 0.4) is 0 Å². The molecule has 4 heterocycles. The number of rotatable bonds is 6. The molecule has 12 heteroatoms. The summed E-state index contributed by atoms with van der Waals surface area (Å²) in [6, 6.07) is 11.3. The molecule has 0 unspecified atom stereocenters. The molecule has 3 aromatic heterocycles. The highest BCUT2D eigenvalue weighted by Gasteiger charge is 2.31. The molecule has 0 bridgehead atoms. The first-order valence-electron chi connectivity index (χ1n) is 11.2. The SMILES string of the molecule is Cc1cc(-c2nc(-c3ccc(OC(F)(F)F)cc3)no2)nn1Cc1ccnc(C2CCNCC2)c1.Cl. The summed E-state index contributed by atoms with van der Waals surface area (Å²) in [5.41, 5.74) is 4.16. The first-order chi connectivity index (χ1) is 16.8. The van der Waals surface area contributed by atoms with E-state index in [-0.39, 0.29) is 29.9 Å². The van der Waals surface area contributed by atoms with Crippen LogP contribution < -0.4 is 10.1 Å². The molecule has 0 amide bonds. The largest absolute Gasteiger partial charge is 0.573 e. The van der Waals surface area contributed by atoms with Gasteiger partial charge in [-0.25, -0.2) is 0 Å². The summed E-state index contributed by atoms with van der Waals surface area (Å²) in [7, 11) is 0. The van der Waals surface area contributed by atoms with Gasteiger partial charge in [-0.05, 0) is 80.9 Å². The second kappa shape index (κ2) is 10.7. The normalized spacial score (nSPS) is 14.4. The van der Waals surface area contributed by atoms with Gasteiger partial charge in [0.25, 0.3) is 5.89 Å². The second-order valence-electron chi connectivity index (χ2n) is 8.44. The number of aryl methyl sites for hydroxylation is 1. The number of hydrogen-bond acceptors (Lipinski definition) is 7. The van der Waals surface area contributed by atoms with Crippen molar-refractivity contribution in [3.63, 3.8) is 0 Å². The summed E-state index contributed by atoms with van der Waals surface area (Å²) in [6.07, 6.45) is -0.734. The molecule has 8 nitrogen and oxygen atoms in total. The predicted octanol–water partition coefficient (Wildman–Crippen LogP) is 5.14. The van der Waals surface area contributed by atoms with Gasteiger partial charge in [0.2, 0.25) is 5.82 Å². The summed E-state index contributed by atoms with van der Waals surface area (Å²) in [5, 5.41) is 11.9. The Balaban J connectivity index is 0.00000304. The van der Waals surface area contributed by atoms with Crippen molar-refractivity contribution in [1.82, 2.24) is 30.2 Å². The maximum absolute atomic E-state index is 12.4. The predicted molar refractivity (Wildman–Crippen MR) is 128 cm³/mol. The van der Waals surface area contributed by atoms with E-state index >= 15 is 0 Å². The smallest absolute Gasteiger partial charge is 0.406 e. The Morgan fingerprint density at radius 1 is 1.11 bits per heavy atom. The number of alkyl halides is 3. The van der Waals surface area contributed by atoms with Gasteiger partial charge in [0.15, 0.2) is 5.69 Å². The van der Waals surface area contributed by atoms with Crippen molar-refractivity contribution in [2.24, 2.45) is 0 Å². The third kappa shape index (κ3) is 6.03. The molecule has 1 fully saturated rings. The zero-order chi connectivity index (χ0) is 24.4. The third-order valence-corrected chi connectivity index (χ3v) is 5.91. The van der Waals surface area contributed by atoms with Gasteiger partial charge in [0.1, 0.15) is 5.75 Å². The molecule has 0 spiro atoms. The van der Waals surface area contributed by atoms with Crippen molar-refractivity contribution in [2.45, 2.75) is 38.6 Å². The fourth-order valence-electron chi connectivity index (χ4n) is 4.13. The molecule has 0 radical (unpaired) electrons. The van der Waals surface area contributed by atoms with Crippen LogP contribution in [0.2, 0.25) is 0 Å². The van der Waals surface area contributed by atoms with E-state index in [0.717, 1.165) is 42.9 Å². The van der Waals surface area contributed by atoms with Crippen molar-refractivity contribution in [2.75, 3.05) is 13.1 Å². The van der Waals surface area contributed by atoms with Crippen molar-refractivity contribution in [3.8, 4) is 28.7 Å². The summed E-state index contributed by atoms with van der Waals surface area (Å²) in [5.74, 6) is 0.615. The maximum atomic E-state index is 12.4. The van der Waals surface area contributed by atoms with Crippen LogP contribution in [0, 0.1) is 6.92 Å². The van der Waals surface area contributed by atoms with Crippen LogP contribution in [0.1, 0.15) is 35.7 Å². The second-order valence-corrected chi connectivity index (χ2v) is 8.44. The van der Waals surface area contributed by atoms with Crippen LogP contribution in [0.25, 0.3) is 23.0 Å². The van der Waals surface area contributed by atoms with Crippen LogP contribution >= 0.6 is 12.4 Å². The maximum Gasteiger partial charge on any atom is 0.573 e. The molecule has 0 saturated carbocycles. The lowest BCUT2D eigenvalue weighted by Gasteiger charge is -2.22. The molecular weight excluding hydrogens is 497 g/mol. The first-order valence-corrected chi connectivity index (χ1v) is 11.2. The Morgan fingerprint density at radius 3 is 2.58 bits per heavy atom. The molecule has 1 aromatic carbocycles. The van der Waals surface area contributed by atoms with Gasteiger partial charge in [-0.2, -0.15) is 10.1 Å². The van der Waals surface area contributed by atoms with Crippen LogP contribution in [0.15, 0.2) is 53.2 Å². The number of nitrogens with one attached hydrogen (secondary N) is 1. The van der Waals surface area contributed by atoms with Crippen LogP contribution in [-0.2, 0) is 6.54 Å². The summed E-state index contributed by atoms with van der Waals surface area (Å²) in [6.45, 7) is 4.54. The molecular formula is C24H24ClF3N6O2. The van der Waals surface area contributed by atoms with Gasteiger partial charge in [-0.15, -0.1) is 25.6 Å². The topological polar surface area (TPSA) is 90.9 Å². The lowest BCUT2D eigenvalue weighted by molar-refractivity contribution is -0.274. The van der Waals surface area contributed by atoms with Gasteiger partial charge in [0, 0.05) is 29.1 Å². The van der Waals surface area contributed by atoms with Gasteiger partial charge in [-0.1, -0.05) is 5.16 Å². The number of pyridine rings is 1. The number of halogens is 4. The number of piperidine rings is 1. The van der Waals surface area contributed by atoms with E-state index in [9.17, 15) is 13.2 Å². The third-order valence-electron chi connectivity index (χ3n) is 5.91. The fraction of sp³-hybridized carbons (Fsp3) is 0.333. The van der Waals surface area contributed by atoms with Crippen molar-refractivity contribution in [3.05, 3.63) is 65.6 Å². The van der Waals surface area contributed by atoms with E-state index in [0.29, 0.717) is 23.7 Å². The van der Waals surface area contributed by atoms with Crippen LogP contribution in [-0.4, -0.2) is 44.4 Å². The molecule has 5 rings (SSSR count). The van der Waals surface area contributed by atoms with Gasteiger partial charge >= 0.3 is 6.36 Å². The molecule has 4 aromatic rings. The molecule has 36 heavy (non-hydrogen) atoms. The number of benzene rings is 1. The monoisotopic (exact) mass is 520 g/mol. The highest BCUT2D eigenvalue weighted by molar-refractivity contribution is 5.85. The van der Waals surface area contributed by atoms with Crippen LogP contribution in [0.4, 0.5) is 13.2 Å². The van der Waals surface area contributed by atoms with E-state index in [1.54, 1.807) is 0 Å². The number of hydrogen-bond donors (Lipinski definition) is 1. The molecule has 0 atom stereocenters. The number of nitrogens with zero attached hydrogens (tertiary/aromatic N) is 5. The minimum absolute atomic E-state index is 0. The molecule has 1 saturated heterocycles. The lowest BCUT2D eigenvalue weighted by atomic mass is 9.93. The van der Waals surface area contributed by atoms with E-state index in [4.69, 9.17) is 4.52 Å². The van der Waals surface area contributed by atoms with Crippen LogP contribution in [0.5, 0.6) is 5.75 Å². The minimum Gasteiger partial charge on any atom is -0.406 e. The summed E-state index contributed by atoms with van der Waals surface area (Å²) < 4.78 is 48.2. The van der Waals surface area contributed by atoms with Gasteiger partial charge < -0.3 is 14.6 Å². The average molecular weight is 521 g/mol. The Kier molecular flexibility index (Phi) is 7.60. The Labute approximate surface area is 211 Å². The Bertz CT molecular complexity index is 1300. The van der Waals surface area contributed by atoms with E-state index in [2.05, 4.69) is 36.3 Å². The number of aromatic nitrogens is 5. The zero-order valence-corrected chi connectivity index (χ0v) is 20.1. The molecule has 1 N–H and O–H groups in total. The minimum atomic E-state index is -4.75. The molecule has 1 aliphatic rings. The van der Waals surface area contributed by atoms with Gasteiger partial charge in [0.05, 0.1) is 6.54 Å². The number of ether oxygens (including phenoxy) is 1. The Hall–Kier alpha value is -3.44. The highest BCUT2D eigenvalue weighted by atomic mass is 35.5. The van der Waals surface area contributed by atoms with E-state index in [1.807, 2.05) is 29.9 Å². The van der Waals surface area contributed by atoms with Crippen molar-refractivity contribution >= 4 is 12.4 Å². The van der Waals surface area contributed by atoms with E-state index in [1.165, 1.54) is 24.3 Å². The van der Waals surface area contributed by atoms with Crippen molar-refractivity contribution < 1.29 is 22.4 Å². The average Bonchev–Trinajstić information content (AvgIpc) is 3.47. The Morgan fingerprint density at radius 2 is 1.86 bits per heavy atom. The molecule has 1 aliphatic heterocycles. The van der Waals surface area contributed by atoms with E-state index < -0.39 is 6.36 Å². The van der Waals surface area contributed by atoms with Crippen molar-refractivity contribution in [1.29, 1.82) is 0 Å². The summed E-state index contributed by atoms with van der Waals surface area (Å²) in [4.78, 5) is 8.94. The quantitative estimate of drug-likeness (QED) is 0.376.